The molecule has 3 nitrogen and oxygen atoms in total. The topological polar surface area (TPSA) is 36.3 Å². The first kappa shape index (κ1) is 13.7. The summed E-state index contributed by atoms with van der Waals surface area (Å²) in [4.78, 5) is 2.21. The molecule has 0 aromatic heterocycles. The number of hydrogen-bond acceptors (Lipinski definition) is 3. The van der Waals surface area contributed by atoms with Gasteiger partial charge in [0.05, 0.1) is 24.3 Å². The molecule has 0 saturated carbocycles. The van der Waals surface area contributed by atoms with Gasteiger partial charge in [0.2, 0.25) is 0 Å². The van der Waals surface area contributed by atoms with E-state index >= 15 is 0 Å². The van der Waals surface area contributed by atoms with Crippen LogP contribution in [0.2, 0.25) is 0 Å². The molecule has 0 saturated heterocycles. The Labute approximate surface area is 104 Å². The van der Waals surface area contributed by atoms with Crippen LogP contribution in [-0.4, -0.2) is 31.2 Å². The van der Waals surface area contributed by atoms with Crippen LogP contribution >= 0.6 is 0 Å². The highest BCUT2D eigenvalue weighted by Gasteiger charge is 2.01. The van der Waals surface area contributed by atoms with Crippen molar-refractivity contribution in [1.82, 2.24) is 4.90 Å². The van der Waals surface area contributed by atoms with Gasteiger partial charge in [-0.1, -0.05) is 12.1 Å². The van der Waals surface area contributed by atoms with Gasteiger partial charge < -0.3 is 4.74 Å². The van der Waals surface area contributed by atoms with E-state index < -0.39 is 0 Å². The summed E-state index contributed by atoms with van der Waals surface area (Å²) >= 11 is 0. The molecule has 3 heteroatoms. The van der Waals surface area contributed by atoms with Gasteiger partial charge >= 0.3 is 0 Å². The minimum Gasteiger partial charge on any atom is -0.377 e. The number of rotatable bonds is 6. The fourth-order valence-corrected chi connectivity index (χ4v) is 1.52. The zero-order chi connectivity index (χ0) is 12.7. The van der Waals surface area contributed by atoms with Crippen LogP contribution in [-0.2, 0) is 11.3 Å². The number of benzene rings is 1. The predicted molar refractivity (Wildman–Crippen MR) is 68.6 cm³/mol. The Morgan fingerprint density at radius 2 is 1.94 bits per heavy atom. The first-order valence-corrected chi connectivity index (χ1v) is 5.91. The van der Waals surface area contributed by atoms with E-state index in [1.807, 2.05) is 38.1 Å². The molecule has 0 unspecified atom stereocenters. The molecule has 1 rings (SSSR count). The van der Waals surface area contributed by atoms with E-state index in [-0.39, 0.29) is 0 Å². The maximum absolute atomic E-state index is 8.70. The van der Waals surface area contributed by atoms with Gasteiger partial charge in [0.1, 0.15) is 0 Å². The third kappa shape index (κ3) is 5.48. The van der Waals surface area contributed by atoms with Crippen molar-refractivity contribution in [3.05, 3.63) is 35.4 Å². The summed E-state index contributed by atoms with van der Waals surface area (Å²) in [7, 11) is 2.07. The molecule has 1 aromatic rings. The minimum atomic E-state index is 0.290. The maximum Gasteiger partial charge on any atom is 0.0991 e. The highest BCUT2D eigenvalue weighted by molar-refractivity contribution is 5.31. The molecule has 0 bridgehead atoms. The van der Waals surface area contributed by atoms with Gasteiger partial charge in [-0.25, -0.2) is 0 Å². The van der Waals surface area contributed by atoms with Crippen LogP contribution in [0, 0.1) is 11.3 Å². The van der Waals surface area contributed by atoms with E-state index in [1.54, 1.807) is 0 Å². The van der Waals surface area contributed by atoms with Crippen molar-refractivity contribution < 1.29 is 4.74 Å². The highest BCUT2D eigenvalue weighted by Crippen LogP contribution is 2.05. The molecule has 0 fully saturated rings. The summed E-state index contributed by atoms with van der Waals surface area (Å²) in [5, 5.41) is 8.70. The van der Waals surface area contributed by atoms with E-state index in [2.05, 4.69) is 18.0 Å². The van der Waals surface area contributed by atoms with Crippen LogP contribution in [0.3, 0.4) is 0 Å². The molecular formula is C14H20N2O. The number of nitrogens with zero attached hydrogens (tertiary/aromatic N) is 2. The molecule has 0 N–H and O–H groups in total. The second-order valence-electron chi connectivity index (χ2n) is 4.47. The summed E-state index contributed by atoms with van der Waals surface area (Å²) < 4.78 is 5.50. The number of nitriles is 1. The third-order valence-corrected chi connectivity index (χ3v) is 2.46. The van der Waals surface area contributed by atoms with E-state index in [0.717, 1.165) is 19.7 Å². The molecule has 0 aliphatic heterocycles. The number of ether oxygens (including phenoxy) is 1. The zero-order valence-corrected chi connectivity index (χ0v) is 10.8. The second-order valence-corrected chi connectivity index (χ2v) is 4.47. The first-order chi connectivity index (χ1) is 8.11. The minimum absolute atomic E-state index is 0.290. The van der Waals surface area contributed by atoms with Gasteiger partial charge in [-0.15, -0.1) is 0 Å². The molecule has 1 aromatic carbocycles. The largest absolute Gasteiger partial charge is 0.377 e. The van der Waals surface area contributed by atoms with Crippen LogP contribution in [0.5, 0.6) is 0 Å². The van der Waals surface area contributed by atoms with E-state index in [1.165, 1.54) is 5.56 Å². The Morgan fingerprint density at radius 3 is 2.47 bits per heavy atom. The van der Waals surface area contributed by atoms with Gasteiger partial charge in [-0.05, 0) is 38.6 Å². The van der Waals surface area contributed by atoms with Gasteiger partial charge in [-0.3, -0.25) is 4.90 Å². The fourth-order valence-electron chi connectivity index (χ4n) is 1.52. The van der Waals surface area contributed by atoms with E-state index in [0.29, 0.717) is 11.7 Å². The average molecular weight is 232 g/mol. The molecule has 17 heavy (non-hydrogen) atoms. The lowest BCUT2D eigenvalue weighted by Gasteiger charge is -2.17. The first-order valence-electron chi connectivity index (χ1n) is 5.91. The lowest BCUT2D eigenvalue weighted by Crippen LogP contribution is -2.23. The zero-order valence-electron chi connectivity index (χ0n) is 10.8. The molecule has 0 aliphatic carbocycles. The normalized spacial score (nSPS) is 10.8. The van der Waals surface area contributed by atoms with Crippen LogP contribution in [0.4, 0.5) is 0 Å². The second kappa shape index (κ2) is 7.05. The molecule has 0 amide bonds. The molecule has 0 radical (unpaired) electrons. The summed E-state index contributed by atoms with van der Waals surface area (Å²) in [6.45, 7) is 6.64. The lowest BCUT2D eigenvalue weighted by atomic mass is 10.1. The van der Waals surface area contributed by atoms with E-state index in [4.69, 9.17) is 10.00 Å². The quantitative estimate of drug-likeness (QED) is 0.755. The Kier molecular flexibility index (Phi) is 5.68. The molecule has 92 valence electrons. The molecule has 0 heterocycles. The fraction of sp³-hybridized carbons (Fsp3) is 0.500. The average Bonchev–Trinajstić information content (AvgIpc) is 2.29. The Hall–Kier alpha value is -1.37. The van der Waals surface area contributed by atoms with Crippen LogP contribution in [0.1, 0.15) is 25.0 Å². The highest BCUT2D eigenvalue weighted by atomic mass is 16.5. The molecule has 0 spiro atoms. The van der Waals surface area contributed by atoms with Crippen molar-refractivity contribution in [3.8, 4) is 6.07 Å². The van der Waals surface area contributed by atoms with Crippen molar-refractivity contribution in [2.75, 3.05) is 20.2 Å². The van der Waals surface area contributed by atoms with Crippen LogP contribution in [0.15, 0.2) is 24.3 Å². The summed E-state index contributed by atoms with van der Waals surface area (Å²) in [5.74, 6) is 0. The summed E-state index contributed by atoms with van der Waals surface area (Å²) in [6.07, 6.45) is 0.290. The van der Waals surface area contributed by atoms with Crippen molar-refractivity contribution in [3.63, 3.8) is 0 Å². The van der Waals surface area contributed by atoms with Crippen LogP contribution in [0.25, 0.3) is 0 Å². The number of likely N-dealkylation sites (N-methyl/N-ethyl adjacent to an activating group) is 1. The third-order valence-electron chi connectivity index (χ3n) is 2.46. The van der Waals surface area contributed by atoms with Gasteiger partial charge in [0.25, 0.3) is 0 Å². The van der Waals surface area contributed by atoms with Gasteiger partial charge in [0.15, 0.2) is 0 Å². The smallest absolute Gasteiger partial charge is 0.0991 e. The Bertz CT molecular complexity index is 365. The monoisotopic (exact) mass is 232 g/mol. The predicted octanol–water partition coefficient (Wildman–Crippen LogP) is 2.42. The lowest BCUT2D eigenvalue weighted by molar-refractivity contribution is 0.0627. The summed E-state index contributed by atoms with van der Waals surface area (Å²) in [6, 6.07) is 9.83. The standard InChI is InChI=1S/C14H20N2O/c1-12(2)17-9-8-16(3)11-14-6-4-13(10-15)5-7-14/h4-7,12H,8-9,11H2,1-3H3. The van der Waals surface area contributed by atoms with E-state index in [9.17, 15) is 0 Å². The Morgan fingerprint density at radius 1 is 1.29 bits per heavy atom. The number of hydrogen-bond donors (Lipinski definition) is 0. The van der Waals surface area contributed by atoms with Crippen molar-refractivity contribution in [2.45, 2.75) is 26.5 Å². The molecule has 0 aliphatic rings. The summed E-state index contributed by atoms with van der Waals surface area (Å²) in [5.41, 5.74) is 1.93. The molecular weight excluding hydrogens is 212 g/mol. The molecule has 0 atom stereocenters. The maximum atomic E-state index is 8.70. The van der Waals surface area contributed by atoms with Crippen molar-refractivity contribution in [1.29, 1.82) is 5.26 Å². The van der Waals surface area contributed by atoms with Crippen LogP contribution < -0.4 is 0 Å². The van der Waals surface area contributed by atoms with Crippen molar-refractivity contribution >= 4 is 0 Å². The SMILES string of the molecule is CC(C)OCCN(C)Cc1ccc(C#N)cc1. The van der Waals surface area contributed by atoms with Gasteiger partial charge in [-0.2, -0.15) is 5.26 Å². The van der Waals surface area contributed by atoms with Crippen molar-refractivity contribution in [2.24, 2.45) is 0 Å². The Balaban J connectivity index is 2.34. The van der Waals surface area contributed by atoms with Gasteiger partial charge in [0, 0.05) is 13.1 Å².